The van der Waals surface area contributed by atoms with Crippen molar-refractivity contribution < 1.29 is 0 Å². The third-order valence-corrected chi connectivity index (χ3v) is 4.34. The number of aromatic nitrogens is 4. The highest BCUT2D eigenvalue weighted by Crippen LogP contribution is 2.29. The Labute approximate surface area is 133 Å². The molecule has 112 valence electrons. The van der Waals surface area contributed by atoms with Crippen molar-refractivity contribution >= 4 is 23.4 Å². The van der Waals surface area contributed by atoms with Gasteiger partial charge in [-0.15, -0.1) is 11.8 Å². The van der Waals surface area contributed by atoms with E-state index in [1.165, 1.54) is 18.0 Å². The van der Waals surface area contributed by atoms with Crippen LogP contribution in [0.5, 0.6) is 0 Å². The van der Waals surface area contributed by atoms with E-state index in [0.29, 0.717) is 15.8 Å². The van der Waals surface area contributed by atoms with Gasteiger partial charge in [-0.1, -0.05) is 23.7 Å². The Hall–Kier alpha value is -2.25. The highest BCUT2D eigenvalue weighted by Gasteiger charge is 2.06. The maximum absolute atomic E-state index is 11.2. The number of rotatable bonds is 4. The minimum atomic E-state index is -0.656. The molecule has 0 bridgehead atoms. The first-order chi connectivity index (χ1) is 10.6. The zero-order chi connectivity index (χ0) is 15.5. The van der Waals surface area contributed by atoms with E-state index >= 15 is 0 Å². The van der Waals surface area contributed by atoms with Crippen LogP contribution in [-0.4, -0.2) is 20.2 Å². The number of benzene rings is 1. The van der Waals surface area contributed by atoms with Gasteiger partial charge in [0.15, 0.2) is 0 Å². The molecule has 0 unspecified atom stereocenters. The molecule has 0 spiro atoms. The van der Waals surface area contributed by atoms with Crippen molar-refractivity contribution in [2.45, 2.75) is 10.8 Å². The molecule has 3 rings (SSSR count). The molecule has 0 saturated carbocycles. The third kappa shape index (κ3) is 3.15. The fourth-order valence-electron chi connectivity index (χ4n) is 1.92. The number of nitrogens with one attached hydrogen (secondary N) is 3. The van der Waals surface area contributed by atoms with Gasteiger partial charge in [0.2, 0.25) is 0 Å². The van der Waals surface area contributed by atoms with Crippen LogP contribution in [0.3, 0.4) is 0 Å². The van der Waals surface area contributed by atoms with Crippen molar-refractivity contribution in [3.63, 3.8) is 0 Å². The first-order valence-corrected chi connectivity index (χ1v) is 7.72. The smallest absolute Gasteiger partial charge is 0.314 e. The molecule has 3 aromatic rings. The van der Waals surface area contributed by atoms with Gasteiger partial charge in [-0.05, 0) is 11.6 Å². The average molecular weight is 335 g/mol. The Morgan fingerprint density at radius 3 is 2.73 bits per heavy atom. The summed E-state index contributed by atoms with van der Waals surface area (Å²) < 4.78 is 0. The van der Waals surface area contributed by atoms with Crippen LogP contribution in [0.2, 0.25) is 5.02 Å². The molecule has 0 radical (unpaired) electrons. The minimum Gasteiger partial charge on any atom is -0.322 e. The van der Waals surface area contributed by atoms with Crippen LogP contribution in [-0.2, 0) is 5.75 Å². The lowest BCUT2D eigenvalue weighted by molar-refractivity contribution is 0.971. The number of H-pyrrole nitrogens is 3. The van der Waals surface area contributed by atoms with Crippen LogP contribution >= 0.6 is 23.4 Å². The average Bonchev–Trinajstić information content (AvgIpc) is 3.02. The first kappa shape index (κ1) is 14.7. The van der Waals surface area contributed by atoms with Gasteiger partial charge in [0.1, 0.15) is 0 Å². The Morgan fingerprint density at radius 2 is 2.05 bits per heavy atom. The Bertz CT molecular complexity index is 902. The van der Waals surface area contributed by atoms with E-state index in [4.69, 9.17) is 11.6 Å². The molecule has 0 amide bonds. The molecule has 22 heavy (non-hydrogen) atoms. The number of hydrogen-bond donors (Lipinski definition) is 3. The molecule has 0 aliphatic heterocycles. The number of thioether (sulfide) groups is 1. The topological polar surface area (TPSA) is 94.4 Å². The highest BCUT2D eigenvalue weighted by molar-refractivity contribution is 7.98. The van der Waals surface area contributed by atoms with Gasteiger partial charge in [0.05, 0.1) is 11.2 Å². The molecule has 8 heteroatoms. The second-order valence-electron chi connectivity index (χ2n) is 4.53. The van der Waals surface area contributed by atoms with Crippen molar-refractivity contribution in [3.8, 4) is 11.1 Å². The van der Waals surface area contributed by atoms with Gasteiger partial charge in [-0.25, -0.2) is 0 Å². The zero-order valence-corrected chi connectivity index (χ0v) is 12.8. The van der Waals surface area contributed by atoms with Crippen LogP contribution < -0.4 is 11.1 Å². The number of halogens is 1. The summed E-state index contributed by atoms with van der Waals surface area (Å²) in [5, 5.41) is 7.88. The summed E-state index contributed by atoms with van der Waals surface area (Å²) in [5.41, 5.74) is 1.53. The van der Waals surface area contributed by atoms with Crippen LogP contribution in [0.4, 0.5) is 0 Å². The van der Waals surface area contributed by atoms with Crippen molar-refractivity contribution in [2.75, 3.05) is 0 Å². The SMILES string of the molecule is O=c1[nH]cc(SCc2ccc(-c3cn[nH]c3)c(Cl)c2)[nH]c1=O. The van der Waals surface area contributed by atoms with E-state index in [0.717, 1.165) is 16.7 Å². The first-order valence-electron chi connectivity index (χ1n) is 6.36. The zero-order valence-electron chi connectivity index (χ0n) is 11.2. The minimum absolute atomic E-state index is 0.597. The lowest BCUT2D eigenvalue weighted by Crippen LogP contribution is -2.28. The van der Waals surface area contributed by atoms with Crippen molar-refractivity contribution in [1.82, 2.24) is 20.2 Å². The molecule has 1 aromatic carbocycles. The summed E-state index contributed by atoms with van der Waals surface area (Å²) in [5.74, 6) is 0.618. The van der Waals surface area contributed by atoms with E-state index in [1.54, 1.807) is 12.4 Å². The lowest BCUT2D eigenvalue weighted by Gasteiger charge is -2.06. The molecule has 2 aromatic heterocycles. The van der Waals surface area contributed by atoms with Gasteiger partial charge in [0.25, 0.3) is 0 Å². The molecular weight excluding hydrogens is 324 g/mol. The van der Waals surface area contributed by atoms with E-state index in [2.05, 4.69) is 20.2 Å². The van der Waals surface area contributed by atoms with E-state index in [9.17, 15) is 9.59 Å². The molecular formula is C14H11ClN4O2S. The molecule has 0 saturated heterocycles. The monoisotopic (exact) mass is 334 g/mol. The van der Waals surface area contributed by atoms with E-state index in [-0.39, 0.29) is 0 Å². The molecule has 2 heterocycles. The summed E-state index contributed by atoms with van der Waals surface area (Å²) in [6.07, 6.45) is 4.97. The molecule has 0 aliphatic rings. The van der Waals surface area contributed by atoms with Crippen molar-refractivity contribution in [1.29, 1.82) is 0 Å². The summed E-state index contributed by atoms with van der Waals surface area (Å²) in [4.78, 5) is 27.1. The standard InChI is InChI=1S/C14H11ClN4O2S/c15-11-3-8(1-2-10(11)9-4-17-18-5-9)7-22-12-6-16-13(20)14(21)19-12/h1-6H,7H2,(H,16,20)(H,17,18)(H,19,21). The quantitative estimate of drug-likeness (QED) is 0.504. The van der Waals surface area contributed by atoms with Gasteiger partial charge >= 0.3 is 11.1 Å². The van der Waals surface area contributed by atoms with Gasteiger partial charge in [0, 0.05) is 34.3 Å². The van der Waals surface area contributed by atoms with Gasteiger partial charge in [-0.2, -0.15) is 5.10 Å². The summed E-state index contributed by atoms with van der Waals surface area (Å²) in [6.45, 7) is 0. The predicted octanol–water partition coefficient (Wildman–Crippen LogP) is 2.40. The number of hydrogen-bond acceptors (Lipinski definition) is 4. The van der Waals surface area contributed by atoms with E-state index in [1.807, 2.05) is 18.2 Å². The summed E-state index contributed by atoms with van der Waals surface area (Å²) >= 11 is 7.70. The largest absolute Gasteiger partial charge is 0.322 e. The number of nitrogens with zero attached hydrogens (tertiary/aromatic N) is 1. The second kappa shape index (κ2) is 6.25. The fraction of sp³-hybridized carbons (Fsp3) is 0.0714. The normalized spacial score (nSPS) is 10.8. The Kier molecular flexibility index (Phi) is 4.17. The lowest BCUT2D eigenvalue weighted by atomic mass is 10.1. The number of aromatic amines is 3. The van der Waals surface area contributed by atoms with Crippen molar-refractivity contribution in [3.05, 3.63) is 68.1 Å². The maximum Gasteiger partial charge on any atom is 0.314 e. The second-order valence-corrected chi connectivity index (χ2v) is 5.95. The van der Waals surface area contributed by atoms with Gasteiger partial charge < -0.3 is 9.97 Å². The Morgan fingerprint density at radius 1 is 1.18 bits per heavy atom. The predicted molar refractivity (Wildman–Crippen MR) is 86.3 cm³/mol. The molecule has 3 N–H and O–H groups in total. The highest BCUT2D eigenvalue weighted by atomic mass is 35.5. The molecule has 0 atom stereocenters. The maximum atomic E-state index is 11.2. The van der Waals surface area contributed by atoms with Crippen molar-refractivity contribution in [2.24, 2.45) is 0 Å². The van der Waals surface area contributed by atoms with Crippen LogP contribution in [0.25, 0.3) is 11.1 Å². The molecule has 0 fully saturated rings. The third-order valence-electron chi connectivity index (χ3n) is 3.01. The fourth-order valence-corrected chi connectivity index (χ4v) is 3.04. The summed E-state index contributed by atoms with van der Waals surface area (Å²) in [6, 6.07) is 5.77. The van der Waals surface area contributed by atoms with E-state index < -0.39 is 11.1 Å². The van der Waals surface area contributed by atoms with Gasteiger partial charge in [-0.3, -0.25) is 14.7 Å². The van der Waals surface area contributed by atoms with Crippen LogP contribution in [0.1, 0.15) is 5.56 Å². The molecule has 0 aliphatic carbocycles. The van der Waals surface area contributed by atoms with Crippen LogP contribution in [0.15, 0.2) is 51.4 Å². The molecule has 6 nitrogen and oxygen atoms in total. The summed E-state index contributed by atoms with van der Waals surface area (Å²) in [7, 11) is 0. The Balaban J connectivity index is 1.76. The van der Waals surface area contributed by atoms with Crippen LogP contribution in [0, 0.1) is 0 Å².